The lowest BCUT2D eigenvalue weighted by molar-refractivity contribution is 0.281. The van der Waals surface area contributed by atoms with Gasteiger partial charge < -0.3 is 10.2 Å². The van der Waals surface area contributed by atoms with Gasteiger partial charge >= 0.3 is 0 Å². The molecule has 0 atom stereocenters. The van der Waals surface area contributed by atoms with Crippen molar-refractivity contribution in [1.82, 2.24) is 10.2 Å². The molecule has 0 fully saturated rings. The summed E-state index contributed by atoms with van der Waals surface area (Å²) in [7, 11) is 0. The Morgan fingerprint density at radius 2 is 1.60 bits per heavy atom. The summed E-state index contributed by atoms with van der Waals surface area (Å²) < 4.78 is 0. The molecule has 0 radical (unpaired) electrons. The van der Waals surface area contributed by atoms with Crippen molar-refractivity contribution in [2.45, 2.75) is 52.9 Å². The summed E-state index contributed by atoms with van der Waals surface area (Å²) in [5.74, 6) is 0. The molecular formula is C13H30N2. The van der Waals surface area contributed by atoms with Crippen molar-refractivity contribution in [2.75, 3.05) is 32.7 Å². The van der Waals surface area contributed by atoms with Crippen LogP contribution in [0.4, 0.5) is 0 Å². The molecule has 2 heteroatoms. The van der Waals surface area contributed by atoms with Gasteiger partial charge in [-0.2, -0.15) is 0 Å². The Morgan fingerprint density at radius 1 is 0.867 bits per heavy atom. The van der Waals surface area contributed by atoms with E-state index in [1.165, 1.54) is 58.3 Å². The van der Waals surface area contributed by atoms with Crippen molar-refractivity contribution in [3.8, 4) is 0 Å². The molecule has 0 aromatic carbocycles. The standard InChI is InChI=1S/C13H30N2/c1-4-12-15(6-3)13-10-8-7-9-11-14-5-2/h14H,4-13H2,1-3H3. The number of nitrogens with one attached hydrogen (secondary N) is 1. The molecule has 92 valence electrons. The van der Waals surface area contributed by atoms with Crippen molar-refractivity contribution in [1.29, 1.82) is 0 Å². The van der Waals surface area contributed by atoms with Crippen LogP contribution in [0.3, 0.4) is 0 Å². The minimum atomic E-state index is 1.11. The van der Waals surface area contributed by atoms with Crippen molar-refractivity contribution < 1.29 is 0 Å². The van der Waals surface area contributed by atoms with E-state index in [0.717, 1.165) is 6.54 Å². The summed E-state index contributed by atoms with van der Waals surface area (Å²) in [6, 6.07) is 0. The SMILES string of the molecule is CCCN(CC)CCCCCCNCC. The summed E-state index contributed by atoms with van der Waals surface area (Å²) in [6.07, 6.45) is 6.78. The van der Waals surface area contributed by atoms with E-state index < -0.39 is 0 Å². The average molecular weight is 214 g/mol. The van der Waals surface area contributed by atoms with Gasteiger partial charge in [0.1, 0.15) is 0 Å². The minimum Gasteiger partial charge on any atom is -0.317 e. The van der Waals surface area contributed by atoms with E-state index in [-0.39, 0.29) is 0 Å². The highest BCUT2D eigenvalue weighted by Gasteiger charge is 1.99. The van der Waals surface area contributed by atoms with Gasteiger partial charge in [-0.25, -0.2) is 0 Å². The fraction of sp³-hybridized carbons (Fsp3) is 1.00. The molecule has 0 spiro atoms. The quantitative estimate of drug-likeness (QED) is 0.532. The van der Waals surface area contributed by atoms with E-state index in [1.54, 1.807) is 0 Å². The summed E-state index contributed by atoms with van der Waals surface area (Å²) in [6.45, 7) is 12.8. The summed E-state index contributed by atoms with van der Waals surface area (Å²) in [4.78, 5) is 2.56. The van der Waals surface area contributed by atoms with Gasteiger partial charge in [0.05, 0.1) is 0 Å². The summed E-state index contributed by atoms with van der Waals surface area (Å²) in [5.41, 5.74) is 0. The zero-order valence-corrected chi connectivity index (χ0v) is 11.0. The predicted octanol–water partition coefficient (Wildman–Crippen LogP) is 2.89. The highest BCUT2D eigenvalue weighted by molar-refractivity contribution is 4.55. The zero-order chi connectivity index (χ0) is 11.4. The van der Waals surface area contributed by atoms with Crippen LogP contribution in [0.25, 0.3) is 0 Å². The molecule has 0 aromatic heterocycles. The first-order valence-corrected chi connectivity index (χ1v) is 6.78. The summed E-state index contributed by atoms with van der Waals surface area (Å²) in [5, 5.41) is 3.37. The van der Waals surface area contributed by atoms with Crippen LogP contribution in [0.1, 0.15) is 52.9 Å². The normalized spacial score (nSPS) is 11.2. The fourth-order valence-electron chi connectivity index (χ4n) is 1.86. The van der Waals surface area contributed by atoms with Crippen LogP contribution in [0, 0.1) is 0 Å². The van der Waals surface area contributed by atoms with Crippen LogP contribution in [0.2, 0.25) is 0 Å². The van der Waals surface area contributed by atoms with Crippen LogP contribution < -0.4 is 5.32 Å². The smallest absolute Gasteiger partial charge is 0.00189 e. The van der Waals surface area contributed by atoms with Gasteiger partial charge in [-0.3, -0.25) is 0 Å². The van der Waals surface area contributed by atoms with Crippen molar-refractivity contribution in [2.24, 2.45) is 0 Å². The Hall–Kier alpha value is -0.0800. The Kier molecular flexibility index (Phi) is 11.9. The van der Waals surface area contributed by atoms with Crippen LogP contribution in [-0.2, 0) is 0 Å². The molecule has 0 aliphatic rings. The number of hydrogen-bond donors (Lipinski definition) is 1. The number of hydrogen-bond acceptors (Lipinski definition) is 2. The predicted molar refractivity (Wildman–Crippen MR) is 69.4 cm³/mol. The third kappa shape index (κ3) is 10.2. The molecule has 0 saturated carbocycles. The third-order valence-electron chi connectivity index (χ3n) is 2.81. The molecule has 2 nitrogen and oxygen atoms in total. The Morgan fingerprint density at radius 3 is 2.20 bits per heavy atom. The van der Waals surface area contributed by atoms with E-state index in [0.29, 0.717) is 0 Å². The van der Waals surface area contributed by atoms with Gasteiger partial charge in [0.2, 0.25) is 0 Å². The number of nitrogens with zero attached hydrogens (tertiary/aromatic N) is 1. The average Bonchev–Trinajstić information content (AvgIpc) is 2.26. The molecule has 0 saturated heterocycles. The van der Waals surface area contributed by atoms with Crippen molar-refractivity contribution in [3.63, 3.8) is 0 Å². The topological polar surface area (TPSA) is 15.3 Å². The minimum absolute atomic E-state index is 1.11. The third-order valence-corrected chi connectivity index (χ3v) is 2.81. The van der Waals surface area contributed by atoms with E-state index in [4.69, 9.17) is 0 Å². The molecule has 0 unspecified atom stereocenters. The lowest BCUT2D eigenvalue weighted by Crippen LogP contribution is -2.25. The second-order valence-electron chi connectivity index (χ2n) is 4.20. The Balaban J connectivity index is 3.14. The van der Waals surface area contributed by atoms with E-state index in [9.17, 15) is 0 Å². The first-order valence-electron chi connectivity index (χ1n) is 6.78. The van der Waals surface area contributed by atoms with Crippen LogP contribution in [0.5, 0.6) is 0 Å². The van der Waals surface area contributed by atoms with Crippen molar-refractivity contribution >= 4 is 0 Å². The van der Waals surface area contributed by atoms with Gasteiger partial charge in [-0.05, 0) is 52.0 Å². The van der Waals surface area contributed by atoms with Gasteiger partial charge in [-0.15, -0.1) is 0 Å². The largest absolute Gasteiger partial charge is 0.317 e. The maximum absolute atomic E-state index is 3.37. The van der Waals surface area contributed by atoms with Gasteiger partial charge in [0, 0.05) is 0 Å². The highest BCUT2D eigenvalue weighted by atomic mass is 15.1. The zero-order valence-electron chi connectivity index (χ0n) is 11.0. The molecular weight excluding hydrogens is 184 g/mol. The lowest BCUT2D eigenvalue weighted by Gasteiger charge is -2.19. The van der Waals surface area contributed by atoms with Crippen molar-refractivity contribution in [3.05, 3.63) is 0 Å². The molecule has 0 aromatic rings. The molecule has 0 aliphatic carbocycles. The van der Waals surface area contributed by atoms with Gasteiger partial charge in [0.15, 0.2) is 0 Å². The van der Waals surface area contributed by atoms with Crippen LogP contribution in [0.15, 0.2) is 0 Å². The molecule has 0 rings (SSSR count). The van der Waals surface area contributed by atoms with E-state index in [2.05, 4.69) is 31.0 Å². The Bertz CT molecular complexity index is 115. The first kappa shape index (κ1) is 14.9. The lowest BCUT2D eigenvalue weighted by atomic mass is 10.2. The maximum atomic E-state index is 3.37. The number of unbranched alkanes of at least 4 members (excludes halogenated alkanes) is 3. The molecule has 0 amide bonds. The van der Waals surface area contributed by atoms with Crippen LogP contribution in [-0.4, -0.2) is 37.6 Å². The van der Waals surface area contributed by atoms with E-state index in [1.807, 2.05) is 0 Å². The molecule has 15 heavy (non-hydrogen) atoms. The molecule has 1 N–H and O–H groups in total. The van der Waals surface area contributed by atoms with Crippen LogP contribution >= 0.6 is 0 Å². The van der Waals surface area contributed by atoms with Gasteiger partial charge in [-0.1, -0.05) is 33.6 Å². The Labute approximate surface area is 96.4 Å². The second-order valence-corrected chi connectivity index (χ2v) is 4.20. The maximum Gasteiger partial charge on any atom is -0.00189 e. The van der Waals surface area contributed by atoms with Gasteiger partial charge in [0.25, 0.3) is 0 Å². The van der Waals surface area contributed by atoms with E-state index >= 15 is 0 Å². The second kappa shape index (κ2) is 12.0. The first-order chi connectivity index (χ1) is 7.35. The summed E-state index contributed by atoms with van der Waals surface area (Å²) >= 11 is 0. The highest BCUT2D eigenvalue weighted by Crippen LogP contribution is 2.01. The molecule has 0 bridgehead atoms. The number of rotatable bonds is 11. The molecule has 0 aliphatic heterocycles. The monoisotopic (exact) mass is 214 g/mol. The molecule has 0 heterocycles. The fourth-order valence-corrected chi connectivity index (χ4v) is 1.86.